The number of allylic oxidation sites excluding steroid dienone is 5. The van der Waals surface area contributed by atoms with E-state index in [1.807, 2.05) is 12.2 Å². The Morgan fingerprint density at radius 1 is 1.55 bits per heavy atom. The third-order valence-corrected chi connectivity index (χ3v) is 1.91. The van der Waals surface area contributed by atoms with Crippen molar-refractivity contribution in [3.8, 4) is 0 Å². The molecule has 1 rings (SSSR count). The summed E-state index contributed by atoms with van der Waals surface area (Å²) >= 11 is 0. The Bertz CT molecular complexity index is 201. The molecule has 0 saturated heterocycles. The molecule has 0 spiro atoms. The molecule has 1 heteroatoms. The van der Waals surface area contributed by atoms with Gasteiger partial charge in [-0.3, -0.25) is 0 Å². The van der Waals surface area contributed by atoms with Crippen molar-refractivity contribution in [2.24, 2.45) is 11.8 Å². The fourth-order valence-corrected chi connectivity index (χ4v) is 1.25. The van der Waals surface area contributed by atoms with Crippen molar-refractivity contribution in [3.05, 3.63) is 37.0 Å². The Morgan fingerprint density at radius 3 is 3.00 bits per heavy atom. The van der Waals surface area contributed by atoms with Crippen molar-refractivity contribution in [2.45, 2.75) is 6.42 Å². The molecule has 0 aromatic rings. The molecule has 0 heterocycles. The lowest BCUT2D eigenvalue weighted by Crippen LogP contribution is -2.05. The summed E-state index contributed by atoms with van der Waals surface area (Å²) in [6.07, 6.45) is 11.7. The van der Waals surface area contributed by atoms with Gasteiger partial charge in [0.25, 0.3) is 0 Å². The van der Waals surface area contributed by atoms with E-state index < -0.39 is 0 Å². The molecule has 1 nitrogen and oxygen atoms in total. The van der Waals surface area contributed by atoms with Gasteiger partial charge < -0.3 is 4.79 Å². The summed E-state index contributed by atoms with van der Waals surface area (Å²) in [5.74, 6) is 0.455. The van der Waals surface area contributed by atoms with Crippen LogP contribution in [0.2, 0.25) is 0 Å². The van der Waals surface area contributed by atoms with E-state index in [4.69, 9.17) is 0 Å². The van der Waals surface area contributed by atoms with Crippen molar-refractivity contribution in [3.63, 3.8) is 0 Å². The highest BCUT2D eigenvalue weighted by Gasteiger charge is 2.18. The molecular weight excluding hydrogens is 136 g/mol. The molecule has 0 aliphatic heterocycles. The molecule has 0 unspecified atom stereocenters. The quantitative estimate of drug-likeness (QED) is 0.340. The van der Waals surface area contributed by atoms with Crippen LogP contribution < -0.4 is 0 Å². The second-order valence-corrected chi connectivity index (χ2v) is 2.66. The Labute approximate surface area is 67.1 Å². The average Bonchev–Trinajstić information content (AvgIpc) is 2.47. The highest BCUT2D eigenvalue weighted by molar-refractivity contribution is 5.57. The van der Waals surface area contributed by atoms with Crippen LogP contribution >= 0.6 is 0 Å². The maximum Gasteiger partial charge on any atom is 0.124 e. The van der Waals surface area contributed by atoms with Crippen LogP contribution in [-0.2, 0) is 4.79 Å². The maximum absolute atomic E-state index is 10.5. The van der Waals surface area contributed by atoms with Gasteiger partial charge in [-0.25, -0.2) is 0 Å². The van der Waals surface area contributed by atoms with Gasteiger partial charge in [0.05, 0.1) is 0 Å². The van der Waals surface area contributed by atoms with Crippen LogP contribution in [0.5, 0.6) is 0 Å². The van der Waals surface area contributed by atoms with Crippen molar-refractivity contribution in [2.75, 3.05) is 0 Å². The first-order valence-electron chi connectivity index (χ1n) is 3.79. The monoisotopic (exact) mass is 148 g/mol. The number of carbonyl (C=O) groups is 1. The lowest BCUT2D eigenvalue weighted by molar-refractivity contribution is -0.111. The maximum atomic E-state index is 10.5. The molecule has 11 heavy (non-hydrogen) atoms. The topological polar surface area (TPSA) is 17.1 Å². The van der Waals surface area contributed by atoms with Crippen molar-refractivity contribution in [1.82, 2.24) is 0 Å². The van der Waals surface area contributed by atoms with Gasteiger partial charge in [-0.15, -0.1) is 0 Å². The van der Waals surface area contributed by atoms with Crippen LogP contribution in [0.15, 0.2) is 37.0 Å². The van der Waals surface area contributed by atoms with E-state index in [-0.39, 0.29) is 5.92 Å². The molecule has 0 N–H and O–H groups in total. The summed E-state index contributed by atoms with van der Waals surface area (Å²) < 4.78 is 0. The summed E-state index contributed by atoms with van der Waals surface area (Å²) in [7, 11) is 0. The van der Waals surface area contributed by atoms with Gasteiger partial charge >= 0.3 is 0 Å². The number of hydrogen-bond acceptors (Lipinski definition) is 1. The van der Waals surface area contributed by atoms with Crippen molar-refractivity contribution in [1.29, 1.82) is 0 Å². The Hall–Kier alpha value is -1.11. The van der Waals surface area contributed by atoms with E-state index in [1.54, 1.807) is 6.08 Å². The molecule has 1 aliphatic carbocycles. The molecule has 58 valence electrons. The zero-order valence-corrected chi connectivity index (χ0v) is 6.44. The summed E-state index contributed by atoms with van der Waals surface area (Å²) in [6.45, 7) is 3.57. The minimum absolute atomic E-state index is 0.159. The Kier molecular flexibility index (Phi) is 2.84. The van der Waals surface area contributed by atoms with Gasteiger partial charge in [-0.05, 0) is 6.42 Å². The summed E-state index contributed by atoms with van der Waals surface area (Å²) in [5.41, 5.74) is 0. The standard InChI is InChI=1S/C10H12O/c1-2-3-5-9-6-4-7-10(9)8-11/h2-6,8-10H,1,7H2/b5-3+/t9-,10-/m1/s1. The first kappa shape index (κ1) is 7.99. The average molecular weight is 148 g/mol. The molecule has 0 bridgehead atoms. The van der Waals surface area contributed by atoms with E-state index in [0.29, 0.717) is 5.92 Å². The second kappa shape index (κ2) is 3.91. The molecule has 0 radical (unpaired) electrons. The van der Waals surface area contributed by atoms with Crippen LogP contribution in [0.4, 0.5) is 0 Å². The Balaban J connectivity index is 2.55. The van der Waals surface area contributed by atoms with Crippen LogP contribution in [0, 0.1) is 11.8 Å². The third kappa shape index (κ3) is 1.90. The molecule has 0 aromatic carbocycles. The van der Waals surface area contributed by atoms with E-state index >= 15 is 0 Å². The van der Waals surface area contributed by atoms with Crippen LogP contribution in [0.25, 0.3) is 0 Å². The molecule has 0 aromatic heterocycles. The molecule has 1 aliphatic rings. The first-order valence-corrected chi connectivity index (χ1v) is 3.79. The van der Waals surface area contributed by atoms with Crippen LogP contribution in [0.3, 0.4) is 0 Å². The highest BCUT2D eigenvalue weighted by Crippen LogP contribution is 2.24. The van der Waals surface area contributed by atoms with Crippen LogP contribution in [0.1, 0.15) is 6.42 Å². The fourth-order valence-electron chi connectivity index (χ4n) is 1.25. The number of carbonyl (C=O) groups excluding carboxylic acids is 1. The molecule has 2 atom stereocenters. The lowest BCUT2D eigenvalue weighted by atomic mass is 9.97. The molecular formula is C10H12O. The predicted octanol–water partition coefficient (Wildman–Crippen LogP) is 2.12. The van der Waals surface area contributed by atoms with E-state index in [0.717, 1.165) is 12.7 Å². The lowest BCUT2D eigenvalue weighted by Gasteiger charge is -2.06. The molecule has 0 amide bonds. The molecule has 0 fully saturated rings. The smallest absolute Gasteiger partial charge is 0.124 e. The van der Waals surface area contributed by atoms with E-state index in [9.17, 15) is 4.79 Å². The fraction of sp³-hybridized carbons (Fsp3) is 0.300. The Morgan fingerprint density at radius 2 is 2.36 bits per heavy atom. The van der Waals surface area contributed by atoms with Gasteiger partial charge in [0.15, 0.2) is 0 Å². The van der Waals surface area contributed by atoms with E-state index in [2.05, 4.69) is 18.7 Å². The van der Waals surface area contributed by atoms with Crippen molar-refractivity contribution >= 4 is 6.29 Å². The zero-order valence-electron chi connectivity index (χ0n) is 6.44. The van der Waals surface area contributed by atoms with Gasteiger partial charge in [0.2, 0.25) is 0 Å². The van der Waals surface area contributed by atoms with E-state index in [1.165, 1.54) is 0 Å². The zero-order chi connectivity index (χ0) is 8.10. The number of hydrogen-bond donors (Lipinski definition) is 0. The highest BCUT2D eigenvalue weighted by atomic mass is 16.1. The minimum atomic E-state index is 0.159. The number of aldehydes is 1. The summed E-state index contributed by atoms with van der Waals surface area (Å²) in [6, 6.07) is 0. The van der Waals surface area contributed by atoms with Crippen LogP contribution in [-0.4, -0.2) is 6.29 Å². The number of rotatable bonds is 3. The predicted molar refractivity (Wildman–Crippen MR) is 46.1 cm³/mol. The second-order valence-electron chi connectivity index (χ2n) is 2.66. The van der Waals surface area contributed by atoms with Gasteiger partial charge in [0, 0.05) is 11.8 Å². The van der Waals surface area contributed by atoms with Gasteiger partial charge in [-0.1, -0.05) is 37.0 Å². The third-order valence-electron chi connectivity index (χ3n) is 1.91. The largest absolute Gasteiger partial charge is 0.303 e. The minimum Gasteiger partial charge on any atom is -0.303 e. The van der Waals surface area contributed by atoms with Gasteiger partial charge in [-0.2, -0.15) is 0 Å². The van der Waals surface area contributed by atoms with Gasteiger partial charge in [0.1, 0.15) is 6.29 Å². The normalized spacial score (nSPS) is 29.5. The summed E-state index contributed by atoms with van der Waals surface area (Å²) in [4.78, 5) is 10.5. The molecule has 0 saturated carbocycles. The summed E-state index contributed by atoms with van der Waals surface area (Å²) in [5, 5.41) is 0. The SMILES string of the molecule is C=C/C=C/[C@@H]1C=CC[C@@H]1C=O. The van der Waals surface area contributed by atoms with Crippen molar-refractivity contribution < 1.29 is 4.79 Å². The first-order chi connectivity index (χ1) is 5.38.